The van der Waals surface area contributed by atoms with Gasteiger partial charge in [0.2, 0.25) is 0 Å². The van der Waals surface area contributed by atoms with E-state index in [-0.39, 0.29) is 5.75 Å². The molecule has 0 N–H and O–H groups in total. The summed E-state index contributed by atoms with van der Waals surface area (Å²) in [5.41, 5.74) is 2.41. The van der Waals surface area contributed by atoms with Crippen LogP contribution in [0.3, 0.4) is 0 Å². The van der Waals surface area contributed by atoms with E-state index in [1.54, 1.807) is 12.1 Å². The molecule has 1 unspecified atom stereocenters. The smallest absolute Gasteiger partial charge is 0.252 e. The van der Waals surface area contributed by atoms with Crippen LogP contribution in [-0.4, -0.2) is 14.0 Å². The van der Waals surface area contributed by atoms with Crippen molar-refractivity contribution in [2.75, 3.05) is 0 Å². The van der Waals surface area contributed by atoms with Gasteiger partial charge in [0, 0.05) is 11.3 Å². The summed E-state index contributed by atoms with van der Waals surface area (Å²) in [5.74, 6) is -0.150. The molecular weight excluding hydrogens is 260 g/mol. The third-order valence-corrected chi connectivity index (χ3v) is 3.20. The van der Waals surface area contributed by atoms with E-state index in [4.69, 9.17) is 11.6 Å². The summed E-state index contributed by atoms with van der Waals surface area (Å²) in [4.78, 5) is 11.2. The van der Waals surface area contributed by atoms with Crippen LogP contribution in [-0.2, 0) is 23.3 Å². The molecule has 0 aliphatic carbocycles. The molecule has 1 atom stereocenters. The first-order valence-corrected chi connectivity index (χ1v) is 6.65. The van der Waals surface area contributed by atoms with Gasteiger partial charge < -0.3 is 4.55 Å². The Kier molecular flexibility index (Phi) is 5.05. The van der Waals surface area contributed by atoms with Crippen molar-refractivity contribution in [1.82, 2.24) is 0 Å². The van der Waals surface area contributed by atoms with Crippen molar-refractivity contribution in [2.24, 2.45) is 0 Å². The molecule has 17 heavy (non-hydrogen) atoms. The zero-order valence-electron chi connectivity index (χ0n) is 9.36. The van der Waals surface area contributed by atoms with E-state index in [0.29, 0.717) is 23.1 Å². The number of aryl methyl sites for hydroxylation is 1. The first-order chi connectivity index (χ1) is 7.99. The van der Waals surface area contributed by atoms with Crippen molar-refractivity contribution in [3.8, 4) is 0 Å². The van der Waals surface area contributed by atoms with Crippen molar-refractivity contribution in [3.63, 3.8) is 0 Å². The second-order valence-electron chi connectivity index (χ2n) is 3.49. The third-order valence-electron chi connectivity index (χ3n) is 2.45. The molecule has 0 heterocycles. The molecule has 1 rings (SSSR count). The van der Waals surface area contributed by atoms with Gasteiger partial charge in [-0.25, -0.2) is 0 Å². The Morgan fingerprint density at radius 1 is 1.53 bits per heavy atom. The summed E-state index contributed by atoms with van der Waals surface area (Å²) in [6.07, 6.45) is 2.22. The number of carbonyl (C=O) groups excluding carboxylic acids is 1. The van der Waals surface area contributed by atoms with E-state index < -0.39 is 16.3 Å². The lowest BCUT2D eigenvalue weighted by Crippen LogP contribution is -2.03. The van der Waals surface area contributed by atoms with Crippen LogP contribution >= 0.6 is 11.6 Å². The minimum atomic E-state index is -2.21. The maximum atomic E-state index is 11.2. The maximum Gasteiger partial charge on any atom is 0.252 e. The highest BCUT2D eigenvalue weighted by molar-refractivity contribution is 7.78. The minimum absolute atomic E-state index is 0.150. The van der Waals surface area contributed by atoms with Gasteiger partial charge in [-0.3, -0.25) is 9.00 Å². The first-order valence-electron chi connectivity index (χ1n) is 5.03. The lowest BCUT2D eigenvalue weighted by molar-refractivity contribution is 0.108. The van der Waals surface area contributed by atoms with E-state index in [1.807, 2.05) is 6.92 Å². The molecule has 0 aliphatic heterocycles. The van der Waals surface area contributed by atoms with E-state index >= 15 is 0 Å². The van der Waals surface area contributed by atoms with Crippen LogP contribution in [0.25, 0.3) is 6.08 Å². The standard InChI is InChI=1S/C12H13ClO3S/c1-3-8-5-9(4-2)11(12(13)14)6-10(8)7-17(15)16/h3,5-6H,1,4,7H2,2H3,(H,15,16)/p-1. The number of benzene rings is 1. The van der Waals surface area contributed by atoms with Crippen LogP contribution < -0.4 is 0 Å². The van der Waals surface area contributed by atoms with Crippen LogP contribution in [0.4, 0.5) is 0 Å². The Balaban J connectivity index is 3.38. The first kappa shape index (κ1) is 14.1. The van der Waals surface area contributed by atoms with E-state index in [2.05, 4.69) is 6.58 Å². The fourth-order valence-corrected chi connectivity index (χ4v) is 2.31. The molecule has 0 fully saturated rings. The topological polar surface area (TPSA) is 57.2 Å². The van der Waals surface area contributed by atoms with Gasteiger partial charge in [-0.2, -0.15) is 0 Å². The highest BCUT2D eigenvalue weighted by Crippen LogP contribution is 2.21. The van der Waals surface area contributed by atoms with Crippen molar-refractivity contribution < 1.29 is 13.6 Å². The Labute approximate surface area is 108 Å². The van der Waals surface area contributed by atoms with Crippen LogP contribution in [0.5, 0.6) is 0 Å². The van der Waals surface area contributed by atoms with Gasteiger partial charge in [-0.05, 0) is 40.8 Å². The van der Waals surface area contributed by atoms with Gasteiger partial charge in [0.25, 0.3) is 5.24 Å². The van der Waals surface area contributed by atoms with Crippen LogP contribution in [0, 0.1) is 0 Å². The van der Waals surface area contributed by atoms with Crippen molar-refractivity contribution in [2.45, 2.75) is 19.1 Å². The molecule has 0 amide bonds. The van der Waals surface area contributed by atoms with E-state index in [0.717, 1.165) is 5.56 Å². The van der Waals surface area contributed by atoms with Crippen molar-refractivity contribution in [3.05, 3.63) is 41.0 Å². The number of halogens is 1. The predicted molar refractivity (Wildman–Crippen MR) is 68.7 cm³/mol. The molecule has 0 radical (unpaired) electrons. The van der Waals surface area contributed by atoms with Gasteiger partial charge in [0.15, 0.2) is 0 Å². The number of hydrogen-bond donors (Lipinski definition) is 0. The van der Waals surface area contributed by atoms with Crippen LogP contribution in [0.15, 0.2) is 18.7 Å². The molecule has 92 valence electrons. The fraction of sp³-hybridized carbons (Fsp3) is 0.250. The highest BCUT2D eigenvalue weighted by atomic mass is 35.5. The molecule has 0 aliphatic rings. The molecule has 0 saturated heterocycles. The Bertz CT molecular complexity index is 483. The lowest BCUT2D eigenvalue weighted by atomic mass is 9.98. The monoisotopic (exact) mass is 271 g/mol. The molecule has 0 spiro atoms. The van der Waals surface area contributed by atoms with Crippen molar-refractivity contribution in [1.29, 1.82) is 0 Å². The summed E-state index contributed by atoms with van der Waals surface area (Å²) in [5, 5.41) is -0.574. The van der Waals surface area contributed by atoms with Gasteiger partial charge in [-0.15, -0.1) is 0 Å². The Hall–Kier alpha value is -0.970. The highest BCUT2D eigenvalue weighted by Gasteiger charge is 2.12. The summed E-state index contributed by atoms with van der Waals surface area (Å²) in [6.45, 7) is 5.53. The SMILES string of the molecule is C=Cc1cc(CC)c(C(=O)Cl)cc1CS(=O)[O-]. The normalized spacial score (nSPS) is 12.2. The average molecular weight is 272 g/mol. The van der Waals surface area contributed by atoms with Crippen molar-refractivity contribution >= 4 is 34.0 Å². The molecule has 3 nitrogen and oxygen atoms in total. The minimum Gasteiger partial charge on any atom is -0.772 e. The third kappa shape index (κ3) is 3.49. The predicted octanol–water partition coefficient (Wildman–Crippen LogP) is 2.65. The lowest BCUT2D eigenvalue weighted by Gasteiger charge is -2.13. The molecule has 0 saturated carbocycles. The largest absolute Gasteiger partial charge is 0.772 e. The molecule has 5 heteroatoms. The van der Waals surface area contributed by atoms with Gasteiger partial charge >= 0.3 is 0 Å². The molecule has 0 aromatic heterocycles. The molecule has 1 aromatic rings. The van der Waals surface area contributed by atoms with Gasteiger partial charge in [0.1, 0.15) is 0 Å². The Morgan fingerprint density at radius 2 is 2.18 bits per heavy atom. The summed E-state index contributed by atoms with van der Waals surface area (Å²) >= 11 is 3.26. The second-order valence-corrected chi connectivity index (χ2v) is 4.73. The summed E-state index contributed by atoms with van der Waals surface area (Å²) in [7, 11) is 0. The zero-order valence-corrected chi connectivity index (χ0v) is 10.9. The fourth-order valence-electron chi connectivity index (χ4n) is 1.63. The number of carbonyl (C=O) groups is 1. The van der Waals surface area contributed by atoms with Gasteiger partial charge in [0.05, 0.1) is 0 Å². The second kappa shape index (κ2) is 6.10. The maximum absolute atomic E-state index is 11.2. The number of rotatable bonds is 5. The van der Waals surface area contributed by atoms with Crippen LogP contribution in [0.1, 0.15) is 34.0 Å². The molecule has 0 bridgehead atoms. The molecule has 1 aromatic carbocycles. The number of hydrogen-bond acceptors (Lipinski definition) is 3. The van der Waals surface area contributed by atoms with E-state index in [9.17, 15) is 13.6 Å². The van der Waals surface area contributed by atoms with Crippen LogP contribution in [0.2, 0.25) is 0 Å². The summed E-state index contributed by atoms with van der Waals surface area (Å²) < 4.78 is 21.4. The van der Waals surface area contributed by atoms with Gasteiger partial charge in [-0.1, -0.05) is 36.7 Å². The Morgan fingerprint density at radius 3 is 2.59 bits per heavy atom. The van der Waals surface area contributed by atoms with E-state index in [1.165, 1.54) is 6.07 Å². The quantitative estimate of drug-likeness (QED) is 0.611. The zero-order chi connectivity index (χ0) is 13.0. The molecular formula is C12H12ClO3S-. The summed E-state index contributed by atoms with van der Waals surface area (Å²) in [6, 6.07) is 3.28. The average Bonchev–Trinajstić information content (AvgIpc) is 2.27.